The number of nitrogens with one attached hydrogen (secondary N) is 2. The summed E-state index contributed by atoms with van der Waals surface area (Å²) in [5.74, 6) is -5.08. The number of likely N-dealkylation sites (tertiary alicyclic amines) is 1. The fourth-order valence-corrected chi connectivity index (χ4v) is 3.20. The topological polar surface area (TPSA) is 162 Å². The minimum absolute atomic E-state index is 0.0617. The molecule has 38 heavy (non-hydrogen) atoms. The molecule has 0 radical (unpaired) electrons. The van der Waals surface area contributed by atoms with Gasteiger partial charge >= 0.3 is 30.2 Å². The number of piperidine rings is 1. The number of hydrogen-bond acceptors (Lipinski definition) is 10. The number of carbonyl (C=O) groups excluding carboxylic acids is 4. The van der Waals surface area contributed by atoms with Gasteiger partial charge in [0.15, 0.2) is 6.79 Å². The second-order valence-electron chi connectivity index (χ2n) is 10.3. The van der Waals surface area contributed by atoms with Gasteiger partial charge in [-0.1, -0.05) is 0 Å². The Morgan fingerprint density at radius 1 is 0.947 bits per heavy atom. The number of rotatable bonds is 8. The molecular formula is C22H36F3N3O10. The van der Waals surface area contributed by atoms with Crippen molar-refractivity contribution in [1.82, 2.24) is 15.5 Å². The van der Waals surface area contributed by atoms with E-state index in [9.17, 15) is 37.5 Å². The first kappa shape index (κ1) is 33.2. The summed E-state index contributed by atoms with van der Waals surface area (Å²) in [6, 6.07) is -1.66. The monoisotopic (exact) mass is 559 g/mol. The van der Waals surface area contributed by atoms with Crippen LogP contribution in [0.1, 0.15) is 41.5 Å². The Bertz CT molecular complexity index is 842. The first-order chi connectivity index (χ1) is 17.3. The predicted molar refractivity (Wildman–Crippen MR) is 122 cm³/mol. The van der Waals surface area contributed by atoms with E-state index in [1.807, 2.05) is 0 Å². The Balaban J connectivity index is 3.36. The van der Waals surface area contributed by atoms with E-state index < -0.39 is 79.0 Å². The third kappa shape index (κ3) is 10.9. The molecule has 1 rings (SSSR count). The number of aliphatic hydroxyl groups excluding tert-OH is 1. The third-order valence-electron chi connectivity index (χ3n) is 4.72. The van der Waals surface area contributed by atoms with E-state index >= 15 is 0 Å². The zero-order chi connectivity index (χ0) is 29.5. The summed E-state index contributed by atoms with van der Waals surface area (Å²) >= 11 is 0. The number of carbonyl (C=O) groups is 4. The summed E-state index contributed by atoms with van der Waals surface area (Å²) in [5, 5.41) is 14.8. The Kier molecular flexibility index (Phi) is 11.6. The van der Waals surface area contributed by atoms with Crippen LogP contribution in [0.2, 0.25) is 0 Å². The number of esters is 1. The van der Waals surface area contributed by atoms with E-state index in [0.29, 0.717) is 4.90 Å². The molecule has 4 atom stereocenters. The summed E-state index contributed by atoms with van der Waals surface area (Å²) in [6.07, 6.45) is -11.9. The normalized spacial score (nSPS) is 22.3. The number of ether oxygens (including phenoxy) is 5. The van der Waals surface area contributed by atoms with Crippen molar-refractivity contribution in [3.8, 4) is 0 Å². The van der Waals surface area contributed by atoms with Gasteiger partial charge in [0.2, 0.25) is 0 Å². The van der Waals surface area contributed by atoms with Gasteiger partial charge < -0.3 is 39.4 Å². The van der Waals surface area contributed by atoms with Gasteiger partial charge in [-0.25, -0.2) is 9.59 Å². The van der Waals surface area contributed by atoms with Crippen LogP contribution in [0.5, 0.6) is 0 Å². The summed E-state index contributed by atoms with van der Waals surface area (Å²) in [4.78, 5) is 50.5. The van der Waals surface area contributed by atoms with Gasteiger partial charge in [-0.3, -0.25) is 14.5 Å². The number of alkyl carbamates (subject to hydrolysis) is 1. The molecule has 13 nitrogen and oxygen atoms in total. The van der Waals surface area contributed by atoms with Crippen molar-refractivity contribution in [2.24, 2.45) is 5.92 Å². The maximum absolute atomic E-state index is 13.0. The van der Waals surface area contributed by atoms with Gasteiger partial charge in [-0.05, 0) is 41.5 Å². The molecule has 0 unspecified atom stereocenters. The highest BCUT2D eigenvalue weighted by Gasteiger charge is 2.52. The van der Waals surface area contributed by atoms with Crippen molar-refractivity contribution < 1.29 is 61.1 Å². The summed E-state index contributed by atoms with van der Waals surface area (Å²) in [5.41, 5.74) is -2.14. The van der Waals surface area contributed by atoms with Crippen LogP contribution in [-0.2, 0) is 33.3 Å². The van der Waals surface area contributed by atoms with E-state index in [1.165, 1.54) is 54.0 Å². The fourth-order valence-electron chi connectivity index (χ4n) is 3.20. The number of methoxy groups -OCH3 is 1. The Morgan fingerprint density at radius 3 is 2.03 bits per heavy atom. The largest absolute Gasteiger partial charge is 0.471 e. The molecule has 0 aromatic rings. The average molecular weight is 560 g/mol. The van der Waals surface area contributed by atoms with Crippen LogP contribution in [0.3, 0.4) is 0 Å². The lowest BCUT2D eigenvalue weighted by molar-refractivity contribution is -0.180. The highest BCUT2D eigenvalue weighted by atomic mass is 19.4. The van der Waals surface area contributed by atoms with Crippen molar-refractivity contribution in [3.63, 3.8) is 0 Å². The predicted octanol–water partition coefficient (Wildman–Crippen LogP) is 1.28. The van der Waals surface area contributed by atoms with Gasteiger partial charge in [-0.2, -0.15) is 13.2 Å². The molecule has 0 saturated carbocycles. The third-order valence-corrected chi connectivity index (χ3v) is 4.72. The lowest BCUT2D eigenvalue weighted by Crippen LogP contribution is -2.71. The highest BCUT2D eigenvalue weighted by Crippen LogP contribution is 2.27. The molecule has 1 heterocycles. The Morgan fingerprint density at radius 2 is 1.53 bits per heavy atom. The van der Waals surface area contributed by atoms with Crippen molar-refractivity contribution in [2.45, 2.75) is 77.2 Å². The molecule has 0 aliphatic carbocycles. The van der Waals surface area contributed by atoms with Crippen LogP contribution >= 0.6 is 0 Å². The Hall–Kier alpha value is -2.85. The van der Waals surface area contributed by atoms with Crippen LogP contribution in [0.4, 0.5) is 22.8 Å². The quantitative estimate of drug-likeness (QED) is 0.171. The molecule has 0 aromatic carbocycles. The number of amides is 3. The number of aliphatic hydroxyl groups is 1. The summed E-state index contributed by atoms with van der Waals surface area (Å²) in [7, 11) is 1.42. The molecule has 1 fully saturated rings. The van der Waals surface area contributed by atoms with Gasteiger partial charge in [0, 0.05) is 13.7 Å². The number of alkyl halides is 3. The molecule has 1 aliphatic heterocycles. The second-order valence-corrected chi connectivity index (χ2v) is 10.3. The molecule has 0 bridgehead atoms. The van der Waals surface area contributed by atoms with Crippen molar-refractivity contribution in [3.05, 3.63) is 0 Å². The number of halogens is 3. The standard InChI is InChI=1S/C22H36F3N3O10/c1-20(2,3)37-18(32)26-13-12(16(30)36-11-35-9-8-34-7)10-28(19(33)38-21(4,5)6)15(14(13)29)27-17(31)22(23,24)25/h12-15,29H,8-11H2,1-7H3,(H,26,32)(H,27,31)/t12-,13+,14+,15+/m1/s1. The molecule has 1 saturated heterocycles. The lowest BCUT2D eigenvalue weighted by Gasteiger charge is -2.46. The highest BCUT2D eigenvalue weighted by molar-refractivity contribution is 5.83. The molecule has 16 heteroatoms. The van der Waals surface area contributed by atoms with Crippen LogP contribution in [0.15, 0.2) is 0 Å². The summed E-state index contributed by atoms with van der Waals surface area (Å²) < 4.78 is 64.3. The zero-order valence-electron chi connectivity index (χ0n) is 22.3. The van der Waals surface area contributed by atoms with E-state index in [2.05, 4.69) is 5.32 Å². The molecule has 1 aliphatic rings. The van der Waals surface area contributed by atoms with Crippen LogP contribution in [0.25, 0.3) is 0 Å². The van der Waals surface area contributed by atoms with Crippen LogP contribution < -0.4 is 10.6 Å². The van der Waals surface area contributed by atoms with E-state index in [1.54, 1.807) is 0 Å². The number of nitrogens with zero attached hydrogens (tertiary/aromatic N) is 1. The van der Waals surface area contributed by atoms with Gasteiger partial charge in [0.1, 0.15) is 23.5 Å². The van der Waals surface area contributed by atoms with Gasteiger partial charge in [0.25, 0.3) is 0 Å². The minimum atomic E-state index is -5.37. The second kappa shape index (κ2) is 13.3. The van der Waals surface area contributed by atoms with Crippen LogP contribution in [-0.4, -0.2) is 103 Å². The van der Waals surface area contributed by atoms with E-state index in [0.717, 1.165) is 0 Å². The molecule has 0 spiro atoms. The minimum Gasteiger partial charge on any atom is -0.444 e. The maximum Gasteiger partial charge on any atom is 0.471 e. The molecule has 3 N–H and O–H groups in total. The van der Waals surface area contributed by atoms with Gasteiger partial charge in [0.05, 0.1) is 25.2 Å². The summed E-state index contributed by atoms with van der Waals surface area (Å²) in [6.45, 7) is 8.00. The zero-order valence-corrected chi connectivity index (χ0v) is 22.3. The molecule has 3 amide bonds. The smallest absolute Gasteiger partial charge is 0.444 e. The maximum atomic E-state index is 13.0. The van der Waals surface area contributed by atoms with Crippen LogP contribution in [0, 0.1) is 5.92 Å². The van der Waals surface area contributed by atoms with E-state index in [4.69, 9.17) is 23.7 Å². The number of hydrogen-bond donors (Lipinski definition) is 3. The van der Waals surface area contributed by atoms with Crippen molar-refractivity contribution >= 4 is 24.1 Å². The fraction of sp³-hybridized carbons (Fsp3) is 0.818. The molecular weight excluding hydrogens is 523 g/mol. The lowest BCUT2D eigenvalue weighted by atomic mass is 9.87. The first-order valence-electron chi connectivity index (χ1n) is 11.5. The SMILES string of the molecule is COCCOCOC(=O)[C@@H]1CN(C(=O)OC(C)(C)C)[C@H](NC(=O)C(F)(F)F)[C@@H](O)[C@H]1NC(=O)OC(C)(C)C. The molecule has 220 valence electrons. The van der Waals surface area contributed by atoms with Gasteiger partial charge in [-0.15, -0.1) is 0 Å². The first-order valence-corrected chi connectivity index (χ1v) is 11.5. The Labute approximate surface area is 218 Å². The van der Waals surface area contributed by atoms with Crippen molar-refractivity contribution in [1.29, 1.82) is 0 Å². The van der Waals surface area contributed by atoms with E-state index in [-0.39, 0.29) is 13.2 Å². The average Bonchev–Trinajstić information content (AvgIpc) is 2.72. The molecule has 0 aromatic heterocycles. The van der Waals surface area contributed by atoms with Crippen molar-refractivity contribution in [2.75, 3.05) is 33.7 Å².